The van der Waals surface area contributed by atoms with Crippen LogP contribution in [0.4, 0.5) is 4.79 Å². The summed E-state index contributed by atoms with van der Waals surface area (Å²) in [5.41, 5.74) is 6.92. The summed E-state index contributed by atoms with van der Waals surface area (Å²) in [5, 5.41) is 0. The van der Waals surface area contributed by atoms with Gasteiger partial charge < -0.3 is 20.4 Å². The molecule has 7 rings (SSSR count). The molecule has 3 N–H and O–H groups in total. The van der Waals surface area contributed by atoms with E-state index in [1.165, 1.54) is 0 Å². The van der Waals surface area contributed by atoms with Gasteiger partial charge in [-0.25, -0.2) is 9.59 Å². The molecule has 1 aromatic heterocycles. The van der Waals surface area contributed by atoms with Crippen LogP contribution in [0.1, 0.15) is 44.6 Å². The number of carbonyl (C=O) groups excluding carboxylic acids is 2. The largest absolute Gasteiger partial charge is 0.446 e. The zero-order chi connectivity index (χ0) is 21.3. The summed E-state index contributed by atoms with van der Waals surface area (Å²) in [5.74, 6) is 0.822. The third kappa shape index (κ3) is 2.83. The van der Waals surface area contributed by atoms with Crippen molar-refractivity contribution >= 4 is 23.0 Å². The van der Waals surface area contributed by atoms with Gasteiger partial charge in [-0.3, -0.25) is 9.36 Å². The van der Waals surface area contributed by atoms with Crippen molar-refractivity contribution in [2.75, 3.05) is 13.1 Å². The van der Waals surface area contributed by atoms with Gasteiger partial charge in [-0.1, -0.05) is 12.1 Å². The van der Waals surface area contributed by atoms with Crippen molar-refractivity contribution in [1.29, 1.82) is 0 Å². The molecule has 4 bridgehead atoms. The van der Waals surface area contributed by atoms with E-state index in [4.69, 9.17) is 10.5 Å². The highest BCUT2D eigenvalue weighted by Crippen LogP contribution is 2.60. The van der Waals surface area contributed by atoms with Gasteiger partial charge in [0.2, 0.25) is 5.91 Å². The molecular weight excluding hydrogens is 396 g/mol. The van der Waals surface area contributed by atoms with Crippen LogP contribution in [0.15, 0.2) is 29.1 Å². The maximum absolute atomic E-state index is 13.0. The van der Waals surface area contributed by atoms with Crippen LogP contribution < -0.4 is 11.4 Å². The molecule has 5 fully saturated rings. The number of benzene rings is 1. The predicted molar refractivity (Wildman–Crippen MR) is 113 cm³/mol. The lowest BCUT2D eigenvalue weighted by molar-refractivity contribution is -0.161. The molecule has 0 spiro atoms. The van der Waals surface area contributed by atoms with E-state index in [2.05, 4.69) is 4.98 Å². The van der Waals surface area contributed by atoms with Crippen molar-refractivity contribution in [3.63, 3.8) is 0 Å². The van der Waals surface area contributed by atoms with Crippen LogP contribution in [0.5, 0.6) is 0 Å². The highest BCUT2D eigenvalue weighted by atomic mass is 16.6. The molecule has 5 aliphatic rings. The monoisotopic (exact) mass is 424 g/mol. The first-order valence-corrected chi connectivity index (χ1v) is 11.4. The number of imidazole rings is 1. The van der Waals surface area contributed by atoms with E-state index in [1.807, 2.05) is 24.3 Å². The van der Waals surface area contributed by atoms with Gasteiger partial charge in [0, 0.05) is 13.1 Å². The van der Waals surface area contributed by atoms with E-state index in [-0.39, 0.29) is 47.1 Å². The fourth-order valence-electron chi connectivity index (χ4n) is 7.22. The molecule has 2 heterocycles. The summed E-state index contributed by atoms with van der Waals surface area (Å²) in [4.78, 5) is 42.3. The highest BCUT2D eigenvalue weighted by molar-refractivity contribution is 5.81. The Bertz CT molecular complexity index is 1100. The van der Waals surface area contributed by atoms with E-state index in [1.54, 1.807) is 9.47 Å². The number of ether oxygens (including phenoxy) is 1. The number of carbonyl (C=O) groups is 2. The Hall–Kier alpha value is -2.77. The minimum absolute atomic E-state index is 0.0622. The second kappa shape index (κ2) is 6.61. The molecule has 4 aliphatic carbocycles. The van der Waals surface area contributed by atoms with Gasteiger partial charge in [-0.15, -0.1) is 0 Å². The fourth-order valence-corrected chi connectivity index (χ4v) is 7.22. The molecule has 2 aromatic rings. The summed E-state index contributed by atoms with van der Waals surface area (Å²) in [6.45, 7) is 1.04. The maximum Gasteiger partial charge on any atom is 0.410 e. The number of aromatic nitrogens is 2. The van der Waals surface area contributed by atoms with Crippen LogP contribution >= 0.6 is 0 Å². The Morgan fingerprint density at radius 3 is 2.61 bits per heavy atom. The maximum atomic E-state index is 13.0. The molecule has 4 saturated carbocycles. The molecule has 31 heavy (non-hydrogen) atoms. The molecule has 1 saturated heterocycles. The Morgan fingerprint density at radius 2 is 1.87 bits per heavy atom. The Morgan fingerprint density at radius 1 is 1.13 bits per heavy atom. The normalized spacial score (nSPS) is 36.3. The van der Waals surface area contributed by atoms with E-state index >= 15 is 0 Å². The van der Waals surface area contributed by atoms with Crippen LogP contribution in [-0.2, 0) is 9.53 Å². The van der Waals surface area contributed by atoms with Crippen LogP contribution in [0.25, 0.3) is 11.0 Å². The van der Waals surface area contributed by atoms with E-state index < -0.39 is 0 Å². The number of nitrogens with zero attached hydrogens (tertiary/aromatic N) is 2. The molecule has 6 atom stereocenters. The minimum atomic E-state index is -0.380. The van der Waals surface area contributed by atoms with Crippen LogP contribution in [-0.4, -0.2) is 45.6 Å². The molecule has 164 valence electrons. The van der Waals surface area contributed by atoms with Gasteiger partial charge >= 0.3 is 11.8 Å². The summed E-state index contributed by atoms with van der Waals surface area (Å²) in [6, 6.07) is 7.57. The second-order valence-corrected chi connectivity index (χ2v) is 10.2. The first kappa shape index (κ1) is 19.0. The van der Waals surface area contributed by atoms with Crippen LogP contribution in [0.3, 0.4) is 0 Å². The standard InChI is InChI=1S/C23H28N4O4/c24-20(28)23-9-13-7-14(10-23)19(15(8-13)11-23)31-22(30)26-6-5-16(12-26)27-18-4-2-1-3-17(18)25-21(27)29/h1-4,13-16,19H,5-12H2,(H2,24,28)(H,25,29)/t13?,14-,15?,16-,19?,23?/m0/s1. The van der Waals surface area contributed by atoms with Gasteiger partial charge in [0.1, 0.15) is 6.10 Å². The minimum Gasteiger partial charge on any atom is -0.446 e. The smallest absolute Gasteiger partial charge is 0.410 e. The van der Waals surface area contributed by atoms with Gasteiger partial charge in [-0.2, -0.15) is 0 Å². The van der Waals surface area contributed by atoms with E-state index in [0.29, 0.717) is 19.0 Å². The summed E-state index contributed by atoms with van der Waals surface area (Å²) in [6.07, 6.45) is 4.77. The molecular formula is C23H28N4O4. The molecule has 2 amide bonds. The SMILES string of the molecule is NC(=O)C12CC3CC(C1)C(OC(=O)N1CC[C@H](n4c(=O)[nH]c5ccccc54)C1)[C@@H](C3)C2. The topological polar surface area (TPSA) is 110 Å². The lowest BCUT2D eigenvalue weighted by Gasteiger charge is -2.58. The number of amides is 2. The quantitative estimate of drug-likeness (QED) is 0.788. The molecule has 4 unspecified atom stereocenters. The van der Waals surface area contributed by atoms with Crippen molar-refractivity contribution in [3.8, 4) is 0 Å². The first-order chi connectivity index (χ1) is 14.9. The zero-order valence-corrected chi connectivity index (χ0v) is 17.5. The number of fused-ring (bicyclic) bond motifs is 1. The Kier molecular flexibility index (Phi) is 4.04. The third-order valence-corrected chi connectivity index (χ3v) is 8.36. The summed E-state index contributed by atoms with van der Waals surface area (Å²) in [7, 11) is 0. The number of nitrogens with one attached hydrogen (secondary N) is 1. The van der Waals surface area contributed by atoms with E-state index in [0.717, 1.165) is 49.6 Å². The number of hydrogen-bond acceptors (Lipinski definition) is 4. The van der Waals surface area contributed by atoms with E-state index in [9.17, 15) is 14.4 Å². The van der Waals surface area contributed by atoms with Crippen LogP contribution in [0, 0.1) is 23.2 Å². The molecule has 8 nitrogen and oxygen atoms in total. The van der Waals surface area contributed by atoms with Crippen molar-refractivity contribution in [2.24, 2.45) is 28.9 Å². The lowest BCUT2D eigenvalue weighted by atomic mass is 9.48. The molecule has 8 heteroatoms. The Labute approximate surface area is 179 Å². The molecule has 0 radical (unpaired) electrons. The van der Waals surface area contributed by atoms with Crippen LogP contribution in [0.2, 0.25) is 0 Å². The van der Waals surface area contributed by atoms with Crippen molar-refractivity contribution in [1.82, 2.24) is 14.5 Å². The van der Waals surface area contributed by atoms with Crippen molar-refractivity contribution in [3.05, 3.63) is 34.7 Å². The summed E-state index contributed by atoms with van der Waals surface area (Å²) >= 11 is 0. The average molecular weight is 425 g/mol. The lowest BCUT2D eigenvalue weighted by Crippen LogP contribution is -2.59. The first-order valence-electron chi connectivity index (χ1n) is 11.4. The number of hydrogen-bond donors (Lipinski definition) is 2. The number of H-pyrrole nitrogens is 1. The second-order valence-electron chi connectivity index (χ2n) is 10.2. The predicted octanol–water partition coefficient (Wildman–Crippen LogP) is 2.39. The van der Waals surface area contributed by atoms with Gasteiger partial charge in [0.05, 0.1) is 22.5 Å². The number of rotatable bonds is 3. The number of primary amides is 1. The van der Waals surface area contributed by atoms with Gasteiger partial charge in [0.25, 0.3) is 0 Å². The van der Waals surface area contributed by atoms with Gasteiger partial charge in [0.15, 0.2) is 0 Å². The molecule has 1 aliphatic heterocycles. The van der Waals surface area contributed by atoms with Crippen molar-refractivity contribution in [2.45, 2.75) is 50.7 Å². The zero-order valence-electron chi connectivity index (χ0n) is 17.5. The number of nitrogens with two attached hydrogens (primary N) is 1. The highest BCUT2D eigenvalue weighted by Gasteiger charge is 2.59. The Balaban J connectivity index is 1.16. The molecule has 1 aromatic carbocycles. The van der Waals surface area contributed by atoms with Crippen molar-refractivity contribution < 1.29 is 14.3 Å². The fraction of sp³-hybridized carbons (Fsp3) is 0.609. The number of likely N-dealkylation sites (tertiary alicyclic amines) is 1. The third-order valence-electron chi connectivity index (χ3n) is 8.36. The number of aromatic amines is 1. The van der Waals surface area contributed by atoms with Gasteiger partial charge in [-0.05, 0) is 68.4 Å². The number of para-hydroxylation sites is 2. The average Bonchev–Trinajstić information content (AvgIpc) is 3.33. The summed E-state index contributed by atoms with van der Waals surface area (Å²) < 4.78 is 7.82.